The molecule has 0 aromatic heterocycles. The summed E-state index contributed by atoms with van der Waals surface area (Å²) in [5.41, 5.74) is 1.21. The average Bonchev–Trinajstić information content (AvgIpc) is 2.53. The van der Waals surface area contributed by atoms with Crippen molar-refractivity contribution in [3.63, 3.8) is 0 Å². The molecule has 0 unspecified atom stereocenters. The van der Waals surface area contributed by atoms with E-state index >= 15 is 0 Å². The van der Waals surface area contributed by atoms with E-state index in [1.54, 1.807) is 12.1 Å². The molecule has 0 aliphatic rings. The Hall–Kier alpha value is -2.12. The highest BCUT2D eigenvalue weighted by molar-refractivity contribution is 7.92. The van der Waals surface area contributed by atoms with Gasteiger partial charge in [-0.05, 0) is 35.9 Å². The summed E-state index contributed by atoms with van der Waals surface area (Å²) in [5.74, 6) is -0.808. The van der Waals surface area contributed by atoms with Crippen LogP contribution in [0.15, 0.2) is 42.5 Å². The Morgan fingerprint density at radius 2 is 1.83 bits per heavy atom. The molecule has 0 atom stereocenters. The Morgan fingerprint density at radius 1 is 1.21 bits per heavy atom. The molecule has 0 aliphatic heterocycles. The van der Waals surface area contributed by atoms with Crippen LogP contribution < -0.4 is 9.62 Å². The number of hydrogen-bond acceptors (Lipinski definition) is 3. The molecular weight excluding hydrogens is 355 g/mol. The molecule has 2 aromatic rings. The third-order valence-electron chi connectivity index (χ3n) is 3.42. The van der Waals surface area contributed by atoms with Gasteiger partial charge in [-0.15, -0.1) is 0 Å². The molecule has 8 heteroatoms. The number of amides is 1. The van der Waals surface area contributed by atoms with Gasteiger partial charge in [0.1, 0.15) is 5.82 Å². The number of hydrogen-bond donors (Lipinski definition) is 1. The average molecular weight is 371 g/mol. The fourth-order valence-corrected chi connectivity index (χ4v) is 2.65. The van der Waals surface area contributed by atoms with Crippen molar-refractivity contribution >= 4 is 33.2 Å². The zero-order valence-corrected chi connectivity index (χ0v) is 14.7. The van der Waals surface area contributed by atoms with E-state index in [1.165, 1.54) is 37.4 Å². The van der Waals surface area contributed by atoms with Crippen LogP contribution in [0.5, 0.6) is 0 Å². The number of nitrogens with zero attached hydrogens (tertiary/aromatic N) is 1. The van der Waals surface area contributed by atoms with E-state index < -0.39 is 15.9 Å². The Bertz CT molecular complexity index is 854. The molecule has 0 saturated heterocycles. The van der Waals surface area contributed by atoms with Crippen LogP contribution in [0.4, 0.5) is 10.1 Å². The van der Waals surface area contributed by atoms with Crippen LogP contribution in [-0.4, -0.2) is 27.6 Å². The zero-order chi connectivity index (χ0) is 17.9. The van der Waals surface area contributed by atoms with E-state index in [-0.39, 0.29) is 22.9 Å². The lowest BCUT2D eigenvalue weighted by molar-refractivity contribution is 0.0951. The lowest BCUT2D eigenvalue weighted by atomic mass is 10.1. The van der Waals surface area contributed by atoms with Gasteiger partial charge in [-0.25, -0.2) is 12.8 Å². The number of halogens is 2. The Balaban J connectivity index is 2.18. The molecule has 0 heterocycles. The first kappa shape index (κ1) is 18.2. The van der Waals surface area contributed by atoms with Crippen molar-refractivity contribution in [2.75, 3.05) is 17.6 Å². The maximum Gasteiger partial charge on any atom is 0.253 e. The van der Waals surface area contributed by atoms with Crippen molar-refractivity contribution in [2.24, 2.45) is 0 Å². The van der Waals surface area contributed by atoms with Gasteiger partial charge in [0.15, 0.2) is 0 Å². The molecule has 0 radical (unpaired) electrons. The van der Waals surface area contributed by atoms with Crippen LogP contribution in [0.3, 0.4) is 0 Å². The second kappa shape index (κ2) is 7.19. The van der Waals surface area contributed by atoms with Gasteiger partial charge in [-0.3, -0.25) is 9.10 Å². The second-order valence-electron chi connectivity index (χ2n) is 5.20. The largest absolute Gasteiger partial charge is 0.348 e. The van der Waals surface area contributed by atoms with Gasteiger partial charge >= 0.3 is 0 Å². The van der Waals surface area contributed by atoms with Crippen molar-refractivity contribution in [1.82, 2.24) is 5.32 Å². The third kappa shape index (κ3) is 4.46. The van der Waals surface area contributed by atoms with Crippen LogP contribution in [-0.2, 0) is 16.6 Å². The molecular formula is C16H16ClFN2O3S. The smallest absolute Gasteiger partial charge is 0.253 e. The normalized spacial score (nSPS) is 11.2. The molecule has 0 saturated carbocycles. The molecule has 5 nitrogen and oxygen atoms in total. The van der Waals surface area contributed by atoms with E-state index in [2.05, 4.69) is 5.32 Å². The molecule has 0 spiro atoms. The van der Waals surface area contributed by atoms with Crippen molar-refractivity contribution < 1.29 is 17.6 Å². The summed E-state index contributed by atoms with van der Waals surface area (Å²) in [4.78, 5) is 12.3. The minimum Gasteiger partial charge on any atom is -0.348 e. The van der Waals surface area contributed by atoms with Gasteiger partial charge in [-0.2, -0.15) is 0 Å². The summed E-state index contributed by atoms with van der Waals surface area (Å²) in [6, 6.07) is 10.1. The maximum absolute atomic E-state index is 12.9. The molecule has 1 N–H and O–H groups in total. The fraction of sp³-hybridized carbons (Fsp3) is 0.188. The van der Waals surface area contributed by atoms with Gasteiger partial charge in [0, 0.05) is 13.6 Å². The zero-order valence-electron chi connectivity index (χ0n) is 13.1. The minimum atomic E-state index is -3.45. The first-order valence-corrected chi connectivity index (χ1v) is 9.17. The molecule has 0 fully saturated rings. The highest BCUT2D eigenvalue weighted by Crippen LogP contribution is 2.24. The molecule has 1 amide bonds. The number of sulfonamides is 1. The topological polar surface area (TPSA) is 66.5 Å². The van der Waals surface area contributed by atoms with Crippen LogP contribution in [0.2, 0.25) is 5.02 Å². The van der Waals surface area contributed by atoms with Gasteiger partial charge in [0.05, 0.1) is 22.5 Å². The highest BCUT2D eigenvalue weighted by Gasteiger charge is 2.16. The fourth-order valence-electron chi connectivity index (χ4n) is 1.95. The first-order chi connectivity index (χ1) is 11.2. The number of rotatable bonds is 5. The number of carbonyl (C=O) groups excluding carboxylic acids is 1. The summed E-state index contributed by atoms with van der Waals surface area (Å²) in [6.07, 6.45) is 1.07. The lowest BCUT2D eigenvalue weighted by Gasteiger charge is -2.18. The number of benzene rings is 2. The SMILES string of the molecule is CN(c1ccc(Cl)c(C(=O)NCc2ccc(F)cc2)c1)S(C)(=O)=O. The highest BCUT2D eigenvalue weighted by atomic mass is 35.5. The van der Waals surface area contributed by atoms with Gasteiger partial charge in [0.25, 0.3) is 5.91 Å². The standard InChI is InChI=1S/C16H16ClFN2O3S/c1-20(24(2,22)23)13-7-8-15(17)14(9-13)16(21)19-10-11-3-5-12(18)6-4-11/h3-9H,10H2,1-2H3,(H,19,21). The third-order valence-corrected chi connectivity index (χ3v) is 4.96. The first-order valence-electron chi connectivity index (χ1n) is 6.94. The maximum atomic E-state index is 12.9. The molecule has 24 heavy (non-hydrogen) atoms. The van der Waals surface area contributed by atoms with Crippen molar-refractivity contribution in [2.45, 2.75) is 6.54 Å². The van der Waals surface area contributed by atoms with Crippen LogP contribution in [0, 0.1) is 5.82 Å². The Morgan fingerprint density at radius 3 is 2.42 bits per heavy atom. The molecule has 2 rings (SSSR count). The molecule has 2 aromatic carbocycles. The summed E-state index contributed by atoms with van der Waals surface area (Å²) in [5, 5.41) is 2.87. The summed E-state index contributed by atoms with van der Waals surface area (Å²) in [7, 11) is -2.06. The summed E-state index contributed by atoms with van der Waals surface area (Å²) < 4.78 is 37.1. The van der Waals surface area contributed by atoms with Gasteiger partial charge in [-0.1, -0.05) is 23.7 Å². The minimum absolute atomic E-state index is 0.159. The van der Waals surface area contributed by atoms with E-state index in [0.29, 0.717) is 5.69 Å². The Labute approximate surface area is 145 Å². The van der Waals surface area contributed by atoms with Crippen molar-refractivity contribution in [3.05, 3.63) is 64.4 Å². The van der Waals surface area contributed by atoms with Crippen LogP contribution >= 0.6 is 11.6 Å². The van der Waals surface area contributed by atoms with Crippen molar-refractivity contribution in [3.8, 4) is 0 Å². The van der Waals surface area contributed by atoms with E-state index in [1.807, 2.05) is 0 Å². The summed E-state index contributed by atoms with van der Waals surface area (Å²) >= 11 is 6.03. The molecule has 128 valence electrons. The predicted octanol–water partition coefficient (Wildman–Crippen LogP) is 2.80. The predicted molar refractivity (Wildman–Crippen MR) is 92.3 cm³/mol. The molecule has 0 aliphatic carbocycles. The van der Waals surface area contributed by atoms with E-state index in [9.17, 15) is 17.6 Å². The number of anilines is 1. The van der Waals surface area contributed by atoms with E-state index in [0.717, 1.165) is 16.1 Å². The lowest BCUT2D eigenvalue weighted by Crippen LogP contribution is -2.26. The summed E-state index contributed by atoms with van der Waals surface area (Å²) in [6.45, 7) is 0.196. The van der Waals surface area contributed by atoms with Gasteiger partial charge < -0.3 is 5.32 Å². The van der Waals surface area contributed by atoms with Crippen molar-refractivity contribution in [1.29, 1.82) is 0 Å². The number of nitrogens with one attached hydrogen (secondary N) is 1. The van der Waals surface area contributed by atoms with Gasteiger partial charge in [0.2, 0.25) is 10.0 Å². The Kier molecular flexibility index (Phi) is 5.46. The second-order valence-corrected chi connectivity index (χ2v) is 7.62. The number of carbonyl (C=O) groups is 1. The van der Waals surface area contributed by atoms with E-state index in [4.69, 9.17) is 11.6 Å². The molecule has 0 bridgehead atoms. The van der Waals surface area contributed by atoms with Crippen LogP contribution in [0.1, 0.15) is 15.9 Å². The quantitative estimate of drug-likeness (QED) is 0.880. The monoisotopic (exact) mass is 370 g/mol. The van der Waals surface area contributed by atoms with Crippen LogP contribution in [0.25, 0.3) is 0 Å².